The summed E-state index contributed by atoms with van der Waals surface area (Å²) in [5.74, 6) is 0.167. The molecule has 1 unspecified atom stereocenters. The summed E-state index contributed by atoms with van der Waals surface area (Å²) in [5, 5.41) is 4.03. The van der Waals surface area contributed by atoms with Crippen molar-refractivity contribution in [3.8, 4) is 0 Å². The van der Waals surface area contributed by atoms with E-state index in [0.717, 1.165) is 23.1 Å². The first kappa shape index (κ1) is 12.5. The molecule has 1 saturated heterocycles. The molecule has 2 fully saturated rings. The maximum atomic E-state index is 12.3. The summed E-state index contributed by atoms with van der Waals surface area (Å²) in [5.41, 5.74) is 0.883. The van der Waals surface area contributed by atoms with Crippen LogP contribution < -0.4 is 10.2 Å². The van der Waals surface area contributed by atoms with Crippen molar-refractivity contribution < 1.29 is 4.79 Å². The Bertz CT molecular complexity index is 490. The zero-order valence-electron chi connectivity index (χ0n) is 9.83. The number of halogens is 2. The molecular weight excluding hydrogens is 316 g/mol. The van der Waals surface area contributed by atoms with Gasteiger partial charge in [0.1, 0.15) is 0 Å². The minimum atomic E-state index is -0.0140. The second-order valence-corrected chi connectivity index (χ2v) is 6.13. The molecule has 96 valence electrons. The first-order valence-corrected chi connectivity index (χ1v) is 7.35. The summed E-state index contributed by atoms with van der Waals surface area (Å²) in [6, 6.07) is 6.19. The molecule has 5 heteroatoms. The van der Waals surface area contributed by atoms with Crippen molar-refractivity contribution in [3.63, 3.8) is 0 Å². The fraction of sp³-hybridized carbons (Fsp3) is 0.462. The number of benzene rings is 1. The van der Waals surface area contributed by atoms with Crippen LogP contribution in [0.25, 0.3) is 0 Å². The molecule has 0 spiro atoms. The van der Waals surface area contributed by atoms with Crippen molar-refractivity contribution in [2.24, 2.45) is 0 Å². The third-order valence-corrected chi connectivity index (χ3v) is 4.67. The first-order chi connectivity index (χ1) is 8.65. The lowest BCUT2D eigenvalue weighted by molar-refractivity contribution is -0.118. The Kier molecular flexibility index (Phi) is 3.34. The van der Waals surface area contributed by atoms with Crippen LogP contribution in [0.2, 0.25) is 5.02 Å². The first-order valence-electron chi connectivity index (χ1n) is 6.17. The highest BCUT2D eigenvalue weighted by atomic mass is 79.9. The molecule has 1 saturated carbocycles. The fourth-order valence-electron chi connectivity index (χ4n) is 2.28. The second-order valence-electron chi connectivity index (χ2n) is 4.87. The number of carbonyl (C=O) groups is 1. The number of rotatable bonds is 3. The lowest BCUT2D eigenvalue weighted by Crippen LogP contribution is -2.39. The van der Waals surface area contributed by atoms with Gasteiger partial charge >= 0.3 is 0 Å². The number of amides is 1. The Labute approximate surface area is 120 Å². The monoisotopic (exact) mass is 328 g/mol. The average molecular weight is 330 g/mol. The van der Waals surface area contributed by atoms with Crippen molar-refractivity contribution in [3.05, 3.63) is 27.7 Å². The quantitative estimate of drug-likeness (QED) is 0.924. The molecule has 0 radical (unpaired) electrons. The summed E-state index contributed by atoms with van der Waals surface area (Å²) in [7, 11) is 0. The summed E-state index contributed by atoms with van der Waals surface area (Å²) >= 11 is 9.43. The molecular formula is C13H14BrClN2O. The molecule has 0 aromatic heterocycles. The molecule has 1 aromatic rings. The van der Waals surface area contributed by atoms with Gasteiger partial charge in [-0.05, 0) is 53.4 Å². The van der Waals surface area contributed by atoms with E-state index in [0.29, 0.717) is 11.1 Å². The van der Waals surface area contributed by atoms with Crippen LogP contribution in [0.15, 0.2) is 22.7 Å². The molecule has 3 nitrogen and oxygen atoms in total. The highest BCUT2D eigenvalue weighted by Crippen LogP contribution is 2.30. The number of hydrogen-bond acceptors (Lipinski definition) is 2. The van der Waals surface area contributed by atoms with Crippen LogP contribution >= 0.6 is 27.5 Å². The lowest BCUT2D eigenvalue weighted by Gasteiger charge is -2.17. The topological polar surface area (TPSA) is 32.3 Å². The van der Waals surface area contributed by atoms with Gasteiger partial charge in [-0.2, -0.15) is 0 Å². The maximum Gasteiger partial charge on any atom is 0.244 e. The summed E-state index contributed by atoms with van der Waals surface area (Å²) < 4.78 is 0.854. The molecule has 1 aliphatic heterocycles. The van der Waals surface area contributed by atoms with Gasteiger partial charge < -0.3 is 10.2 Å². The van der Waals surface area contributed by atoms with Crippen LogP contribution in [0.4, 0.5) is 5.69 Å². The van der Waals surface area contributed by atoms with Gasteiger partial charge in [0, 0.05) is 22.7 Å². The molecule has 1 atom stereocenters. The van der Waals surface area contributed by atoms with Gasteiger partial charge in [-0.25, -0.2) is 0 Å². The van der Waals surface area contributed by atoms with Gasteiger partial charge in [0.25, 0.3) is 0 Å². The second kappa shape index (κ2) is 4.83. The molecule has 3 rings (SSSR count). The van der Waals surface area contributed by atoms with Crippen LogP contribution in [0.3, 0.4) is 0 Å². The largest absolute Gasteiger partial charge is 0.311 e. The van der Waals surface area contributed by atoms with E-state index in [2.05, 4.69) is 21.2 Å². The predicted octanol–water partition coefficient (Wildman–Crippen LogP) is 2.96. The molecule has 2 aliphatic rings. The van der Waals surface area contributed by atoms with E-state index in [1.54, 1.807) is 0 Å². The molecule has 18 heavy (non-hydrogen) atoms. The van der Waals surface area contributed by atoms with Crippen molar-refractivity contribution in [1.29, 1.82) is 0 Å². The third-order valence-electron chi connectivity index (χ3n) is 3.43. The van der Waals surface area contributed by atoms with Gasteiger partial charge in [-0.3, -0.25) is 4.79 Å². The Balaban J connectivity index is 1.76. The normalized spacial score (nSPS) is 23.8. The van der Waals surface area contributed by atoms with Gasteiger partial charge in [-0.1, -0.05) is 11.6 Å². The summed E-state index contributed by atoms with van der Waals surface area (Å²) in [4.78, 5) is 14.1. The minimum absolute atomic E-state index is 0.0140. The van der Waals surface area contributed by atoms with E-state index in [1.807, 2.05) is 23.1 Å². The highest BCUT2D eigenvalue weighted by molar-refractivity contribution is 9.10. The molecule has 1 amide bonds. The zero-order chi connectivity index (χ0) is 12.7. The van der Waals surface area contributed by atoms with Gasteiger partial charge in [0.15, 0.2) is 0 Å². The molecule has 1 aromatic carbocycles. The van der Waals surface area contributed by atoms with E-state index in [-0.39, 0.29) is 11.9 Å². The summed E-state index contributed by atoms with van der Waals surface area (Å²) in [6.07, 6.45) is 3.28. The van der Waals surface area contributed by atoms with Crippen molar-refractivity contribution in [2.75, 3.05) is 11.4 Å². The minimum Gasteiger partial charge on any atom is -0.311 e. The molecule has 1 aliphatic carbocycles. The predicted molar refractivity (Wildman–Crippen MR) is 76.1 cm³/mol. The van der Waals surface area contributed by atoms with Crippen LogP contribution in [-0.4, -0.2) is 24.5 Å². The highest BCUT2D eigenvalue weighted by Gasteiger charge is 2.36. The maximum absolute atomic E-state index is 12.3. The zero-order valence-corrected chi connectivity index (χ0v) is 12.2. The van der Waals surface area contributed by atoms with Crippen LogP contribution in [0.5, 0.6) is 0 Å². The Hall–Kier alpha value is -0.580. The Morgan fingerprint density at radius 2 is 2.11 bits per heavy atom. The molecule has 0 bridgehead atoms. The van der Waals surface area contributed by atoms with Crippen LogP contribution in [0.1, 0.15) is 19.3 Å². The van der Waals surface area contributed by atoms with Crippen molar-refractivity contribution >= 4 is 39.1 Å². The van der Waals surface area contributed by atoms with E-state index in [1.165, 1.54) is 12.8 Å². The fourth-order valence-corrected chi connectivity index (χ4v) is 2.70. The number of anilines is 1. The van der Waals surface area contributed by atoms with E-state index >= 15 is 0 Å². The van der Waals surface area contributed by atoms with E-state index in [4.69, 9.17) is 11.6 Å². The molecule has 1 N–H and O–H groups in total. The van der Waals surface area contributed by atoms with Crippen LogP contribution in [-0.2, 0) is 4.79 Å². The number of nitrogens with one attached hydrogen (secondary N) is 1. The van der Waals surface area contributed by atoms with Gasteiger partial charge in [0.05, 0.1) is 11.1 Å². The van der Waals surface area contributed by atoms with Gasteiger partial charge in [0.2, 0.25) is 5.91 Å². The Morgan fingerprint density at radius 1 is 1.33 bits per heavy atom. The number of hydrogen-bond donors (Lipinski definition) is 1. The summed E-state index contributed by atoms with van der Waals surface area (Å²) in [6.45, 7) is 0.765. The van der Waals surface area contributed by atoms with E-state index < -0.39 is 0 Å². The standard InChI is InChI=1S/C13H14BrClN2O/c14-10-4-3-9(7-11(10)15)17-6-5-12(13(17)18)16-8-1-2-8/h3-4,7-8,12,16H,1-2,5-6H2. The lowest BCUT2D eigenvalue weighted by atomic mass is 10.2. The van der Waals surface area contributed by atoms with Crippen LogP contribution in [0, 0.1) is 0 Å². The van der Waals surface area contributed by atoms with Gasteiger partial charge in [-0.15, -0.1) is 0 Å². The smallest absolute Gasteiger partial charge is 0.244 e. The SMILES string of the molecule is O=C1C(NC2CC2)CCN1c1ccc(Br)c(Cl)c1. The molecule has 1 heterocycles. The Morgan fingerprint density at radius 3 is 2.78 bits per heavy atom. The van der Waals surface area contributed by atoms with Crippen molar-refractivity contribution in [1.82, 2.24) is 5.32 Å². The van der Waals surface area contributed by atoms with Crippen molar-refractivity contribution in [2.45, 2.75) is 31.3 Å². The average Bonchev–Trinajstić information content (AvgIpc) is 3.09. The third kappa shape index (κ3) is 2.42. The number of carbonyl (C=O) groups excluding carboxylic acids is 1. The van der Waals surface area contributed by atoms with E-state index in [9.17, 15) is 4.79 Å². The number of nitrogens with zero attached hydrogens (tertiary/aromatic N) is 1.